The van der Waals surface area contributed by atoms with Crippen LogP contribution in [-0.2, 0) is 0 Å². The van der Waals surface area contributed by atoms with Gasteiger partial charge in [-0.05, 0) is 36.6 Å². The van der Waals surface area contributed by atoms with Gasteiger partial charge in [-0.2, -0.15) is 0 Å². The second kappa shape index (κ2) is 5.63. The Morgan fingerprint density at radius 3 is 2.56 bits per heavy atom. The fraction of sp³-hybridized carbons (Fsp3) is 0.333. The highest BCUT2D eigenvalue weighted by Gasteiger charge is 2.14. The summed E-state index contributed by atoms with van der Waals surface area (Å²) in [5.41, 5.74) is 2.35. The van der Waals surface area contributed by atoms with Gasteiger partial charge in [0.05, 0.1) is 11.9 Å². The van der Waals surface area contributed by atoms with Gasteiger partial charge in [-0.3, -0.25) is 4.98 Å². The van der Waals surface area contributed by atoms with E-state index in [2.05, 4.69) is 47.8 Å². The van der Waals surface area contributed by atoms with Gasteiger partial charge >= 0.3 is 0 Å². The van der Waals surface area contributed by atoms with Crippen LogP contribution in [0.3, 0.4) is 0 Å². The summed E-state index contributed by atoms with van der Waals surface area (Å²) in [7, 11) is 0. The maximum Gasteiger partial charge on any atom is 0.136 e. The van der Waals surface area contributed by atoms with Crippen LogP contribution in [0.1, 0.15) is 32.3 Å². The number of nitrogens with zero attached hydrogens (tertiary/aromatic N) is 3. The second-order valence-electron chi connectivity index (χ2n) is 4.53. The molecule has 0 unspecified atom stereocenters. The molecule has 0 saturated heterocycles. The Morgan fingerprint density at radius 1 is 1.17 bits per heavy atom. The molecule has 0 aliphatic carbocycles. The van der Waals surface area contributed by atoms with E-state index >= 15 is 0 Å². The van der Waals surface area contributed by atoms with Crippen molar-refractivity contribution in [1.82, 2.24) is 9.97 Å². The lowest BCUT2D eigenvalue weighted by Gasteiger charge is -2.25. The molecule has 2 aromatic rings. The first kappa shape index (κ1) is 12.6. The number of pyridine rings is 2. The lowest BCUT2D eigenvalue weighted by molar-refractivity contribution is 0.841. The molecule has 0 N–H and O–H groups in total. The third kappa shape index (κ3) is 2.50. The zero-order valence-electron chi connectivity index (χ0n) is 11.2. The van der Waals surface area contributed by atoms with Crippen LogP contribution in [0.5, 0.6) is 0 Å². The highest BCUT2D eigenvalue weighted by atomic mass is 15.2. The predicted molar refractivity (Wildman–Crippen MR) is 75.2 cm³/mol. The average molecular weight is 241 g/mol. The number of hydrogen-bond donors (Lipinski definition) is 0. The number of rotatable bonds is 4. The van der Waals surface area contributed by atoms with Crippen LogP contribution in [0.2, 0.25) is 0 Å². The van der Waals surface area contributed by atoms with Crippen LogP contribution >= 0.6 is 0 Å². The normalized spacial score (nSPS) is 10.7. The Morgan fingerprint density at radius 2 is 1.94 bits per heavy atom. The van der Waals surface area contributed by atoms with Crippen LogP contribution < -0.4 is 4.90 Å². The molecule has 0 saturated carbocycles. The number of anilines is 2. The first-order valence-electron chi connectivity index (χ1n) is 6.36. The van der Waals surface area contributed by atoms with E-state index in [1.165, 1.54) is 5.56 Å². The van der Waals surface area contributed by atoms with E-state index in [1.54, 1.807) is 6.20 Å². The van der Waals surface area contributed by atoms with E-state index < -0.39 is 0 Å². The van der Waals surface area contributed by atoms with Crippen molar-refractivity contribution in [2.75, 3.05) is 11.4 Å². The SMILES string of the molecule is CCN(c1cccnc1)c1ncccc1C(C)C. The molecule has 2 heterocycles. The number of aromatic nitrogens is 2. The van der Waals surface area contributed by atoms with Crippen LogP contribution in [0.15, 0.2) is 42.9 Å². The van der Waals surface area contributed by atoms with Crippen LogP contribution in [-0.4, -0.2) is 16.5 Å². The molecule has 18 heavy (non-hydrogen) atoms. The first-order chi connectivity index (χ1) is 8.74. The summed E-state index contributed by atoms with van der Waals surface area (Å²) < 4.78 is 0. The van der Waals surface area contributed by atoms with E-state index in [-0.39, 0.29) is 0 Å². The van der Waals surface area contributed by atoms with Crippen molar-refractivity contribution in [3.8, 4) is 0 Å². The van der Waals surface area contributed by atoms with Gasteiger partial charge in [-0.15, -0.1) is 0 Å². The molecule has 3 nitrogen and oxygen atoms in total. The Balaban J connectivity index is 2.46. The molecule has 0 aromatic carbocycles. The third-order valence-electron chi connectivity index (χ3n) is 2.97. The van der Waals surface area contributed by atoms with E-state index in [0.717, 1.165) is 18.1 Å². The fourth-order valence-electron chi connectivity index (χ4n) is 2.05. The molecule has 0 radical (unpaired) electrons. The van der Waals surface area contributed by atoms with Crippen molar-refractivity contribution in [2.24, 2.45) is 0 Å². The lowest BCUT2D eigenvalue weighted by atomic mass is 10.0. The highest BCUT2D eigenvalue weighted by molar-refractivity contribution is 5.62. The van der Waals surface area contributed by atoms with E-state index in [0.29, 0.717) is 5.92 Å². The van der Waals surface area contributed by atoms with Crippen molar-refractivity contribution in [1.29, 1.82) is 0 Å². The minimum Gasteiger partial charge on any atom is -0.325 e. The molecule has 2 rings (SSSR count). The molecule has 94 valence electrons. The Labute approximate surface area is 109 Å². The van der Waals surface area contributed by atoms with Crippen LogP contribution in [0, 0.1) is 0 Å². The Bertz CT molecular complexity index is 494. The second-order valence-corrected chi connectivity index (χ2v) is 4.53. The van der Waals surface area contributed by atoms with Crippen molar-refractivity contribution in [3.63, 3.8) is 0 Å². The van der Waals surface area contributed by atoms with Gasteiger partial charge in [0.1, 0.15) is 5.82 Å². The standard InChI is InChI=1S/C15H19N3/c1-4-18(13-7-5-9-16-11-13)15-14(12(2)3)8-6-10-17-15/h5-12H,4H2,1-3H3. The largest absolute Gasteiger partial charge is 0.325 e. The van der Waals surface area contributed by atoms with Gasteiger partial charge in [0.25, 0.3) is 0 Å². The van der Waals surface area contributed by atoms with Gasteiger partial charge in [0, 0.05) is 18.9 Å². The highest BCUT2D eigenvalue weighted by Crippen LogP contribution is 2.29. The fourth-order valence-corrected chi connectivity index (χ4v) is 2.05. The molecular formula is C15H19N3. The zero-order chi connectivity index (χ0) is 13.0. The van der Waals surface area contributed by atoms with Crippen molar-refractivity contribution in [3.05, 3.63) is 48.4 Å². The van der Waals surface area contributed by atoms with Gasteiger partial charge < -0.3 is 4.90 Å². The molecule has 0 spiro atoms. The smallest absolute Gasteiger partial charge is 0.136 e. The summed E-state index contributed by atoms with van der Waals surface area (Å²) in [4.78, 5) is 10.9. The first-order valence-corrected chi connectivity index (χ1v) is 6.36. The topological polar surface area (TPSA) is 29.0 Å². The minimum absolute atomic E-state index is 0.458. The third-order valence-corrected chi connectivity index (χ3v) is 2.97. The molecular weight excluding hydrogens is 222 g/mol. The summed E-state index contributed by atoms with van der Waals surface area (Å²) >= 11 is 0. The van der Waals surface area contributed by atoms with E-state index in [1.807, 2.05) is 24.5 Å². The summed E-state index contributed by atoms with van der Waals surface area (Å²) in [6.45, 7) is 7.39. The summed E-state index contributed by atoms with van der Waals surface area (Å²) in [5.74, 6) is 1.49. The molecule has 0 aliphatic heterocycles. The van der Waals surface area contributed by atoms with Gasteiger partial charge in [0.2, 0.25) is 0 Å². The van der Waals surface area contributed by atoms with Gasteiger partial charge in [0.15, 0.2) is 0 Å². The van der Waals surface area contributed by atoms with Gasteiger partial charge in [-0.1, -0.05) is 19.9 Å². The molecule has 0 atom stereocenters. The molecule has 3 heteroatoms. The summed E-state index contributed by atoms with van der Waals surface area (Å²) in [6.07, 6.45) is 5.52. The minimum atomic E-state index is 0.458. The predicted octanol–water partition coefficient (Wildman–Crippen LogP) is 3.76. The van der Waals surface area contributed by atoms with Crippen LogP contribution in [0.4, 0.5) is 11.5 Å². The summed E-state index contributed by atoms with van der Waals surface area (Å²) in [5, 5.41) is 0. The molecule has 0 amide bonds. The van der Waals surface area contributed by atoms with E-state index in [9.17, 15) is 0 Å². The molecule has 0 bridgehead atoms. The molecule has 0 aliphatic rings. The molecule has 2 aromatic heterocycles. The van der Waals surface area contributed by atoms with Crippen molar-refractivity contribution < 1.29 is 0 Å². The average Bonchev–Trinajstić information content (AvgIpc) is 2.41. The van der Waals surface area contributed by atoms with Gasteiger partial charge in [-0.25, -0.2) is 4.98 Å². The Kier molecular flexibility index (Phi) is 3.92. The maximum atomic E-state index is 4.55. The number of hydrogen-bond acceptors (Lipinski definition) is 3. The summed E-state index contributed by atoms with van der Waals surface area (Å²) in [6, 6.07) is 8.16. The Hall–Kier alpha value is -1.90. The monoisotopic (exact) mass is 241 g/mol. The van der Waals surface area contributed by atoms with Crippen molar-refractivity contribution in [2.45, 2.75) is 26.7 Å². The zero-order valence-corrected chi connectivity index (χ0v) is 11.2. The molecule has 0 fully saturated rings. The van der Waals surface area contributed by atoms with E-state index in [4.69, 9.17) is 0 Å². The quantitative estimate of drug-likeness (QED) is 0.816. The lowest BCUT2D eigenvalue weighted by Crippen LogP contribution is -2.19. The maximum absolute atomic E-state index is 4.55. The van der Waals surface area contributed by atoms with Crippen molar-refractivity contribution >= 4 is 11.5 Å². The van der Waals surface area contributed by atoms with Crippen LogP contribution in [0.25, 0.3) is 0 Å².